The molecule has 4 heteroatoms. The summed E-state index contributed by atoms with van der Waals surface area (Å²) in [6, 6.07) is 31.9. The van der Waals surface area contributed by atoms with Crippen molar-refractivity contribution >= 4 is 5.78 Å². The highest BCUT2D eigenvalue weighted by Crippen LogP contribution is 2.40. The third kappa shape index (κ3) is 5.28. The highest BCUT2D eigenvalue weighted by molar-refractivity contribution is 6.08. The van der Waals surface area contributed by atoms with Gasteiger partial charge < -0.3 is 14.2 Å². The molecule has 0 radical (unpaired) electrons. The summed E-state index contributed by atoms with van der Waals surface area (Å²) in [4.78, 5) is 12.7. The minimum atomic E-state index is 0.0607. The first-order valence-electron chi connectivity index (χ1n) is 12.4. The Balaban J connectivity index is 1.25. The maximum atomic E-state index is 12.7. The van der Waals surface area contributed by atoms with Gasteiger partial charge >= 0.3 is 0 Å². The molecule has 1 aliphatic heterocycles. The van der Waals surface area contributed by atoms with Gasteiger partial charge in [-0.2, -0.15) is 0 Å². The van der Waals surface area contributed by atoms with Crippen molar-refractivity contribution in [1.82, 2.24) is 0 Å². The summed E-state index contributed by atoms with van der Waals surface area (Å²) in [6.45, 7) is 0.272. The summed E-state index contributed by atoms with van der Waals surface area (Å²) >= 11 is 0. The van der Waals surface area contributed by atoms with Crippen LogP contribution in [-0.2, 0) is 6.42 Å². The van der Waals surface area contributed by atoms with Gasteiger partial charge in [0.25, 0.3) is 0 Å². The first-order valence-corrected chi connectivity index (χ1v) is 12.4. The molecule has 0 fully saturated rings. The van der Waals surface area contributed by atoms with Crippen LogP contribution >= 0.6 is 0 Å². The number of carbonyl (C=O) groups is 1. The molecular formula is C32H30O4. The molecule has 0 saturated heterocycles. The lowest BCUT2D eigenvalue weighted by atomic mass is 9.86. The van der Waals surface area contributed by atoms with Crippen LogP contribution in [0.3, 0.4) is 0 Å². The maximum absolute atomic E-state index is 12.7. The molecule has 1 aliphatic rings. The number of unbranched alkanes of at least 4 members (excludes halogenated alkanes) is 1. The highest BCUT2D eigenvalue weighted by atomic mass is 16.7. The van der Waals surface area contributed by atoms with Gasteiger partial charge in [-0.1, -0.05) is 85.3 Å². The summed E-state index contributed by atoms with van der Waals surface area (Å²) in [6.07, 6.45) is 4.08. The second kappa shape index (κ2) is 11.1. The molecule has 4 aromatic rings. The Morgan fingerprint density at radius 1 is 0.806 bits per heavy atom. The third-order valence-corrected chi connectivity index (χ3v) is 6.77. The largest absolute Gasteiger partial charge is 0.496 e. The van der Waals surface area contributed by atoms with Gasteiger partial charge in [0, 0.05) is 22.6 Å². The van der Waals surface area contributed by atoms with E-state index in [1.54, 1.807) is 7.11 Å². The van der Waals surface area contributed by atoms with Crippen molar-refractivity contribution in [1.29, 1.82) is 0 Å². The van der Waals surface area contributed by atoms with Crippen molar-refractivity contribution in [2.45, 2.75) is 31.6 Å². The minimum absolute atomic E-state index is 0.0607. The van der Waals surface area contributed by atoms with Crippen molar-refractivity contribution in [2.24, 2.45) is 0 Å². The zero-order chi connectivity index (χ0) is 24.7. The van der Waals surface area contributed by atoms with Crippen LogP contribution in [0.1, 0.15) is 57.8 Å². The summed E-state index contributed by atoms with van der Waals surface area (Å²) < 4.78 is 16.8. The van der Waals surface area contributed by atoms with Gasteiger partial charge in [-0.25, -0.2) is 0 Å². The van der Waals surface area contributed by atoms with Gasteiger partial charge in [0.15, 0.2) is 17.3 Å². The van der Waals surface area contributed by atoms with Crippen LogP contribution in [0.4, 0.5) is 0 Å². The molecule has 0 aromatic heterocycles. The fraction of sp³-hybridized carbons (Fsp3) is 0.219. The van der Waals surface area contributed by atoms with Crippen LogP contribution in [0.5, 0.6) is 17.2 Å². The van der Waals surface area contributed by atoms with Crippen LogP contribution in [0.15, 0.2) is 97.1 Å². The summed E-state index contributed by atoms with van der Waals surface area (Å²) in [5, 5.41) is 0. The summed E-state index contributed by atoms with van der Waals surface area (Å²) in [5.74, 6) is 2.76. The standard InChI is InChI=1S/C32H30O4/c1-34-29-14-8-7-13-28(29)27(26-19-20-30-31(21-26)36-22-35-30)12-6-5-9-23-15-17-25(18-16-23)32(33)24-10-3-2-4-11-24/h2-4,7-8,10-11,13-21,27H,5-6,9,12,22H2,1H3. The number of hydrogen-bond acceptors (Lipinski definition) is 4. The lowest BCUT2D eigenvalue weighted by Gasteiger charge is -2.21. The first-order chi connectivity index (χ1) is 17.7. The van der Waals surface area contributed by atoms with Gasteiger partial charge in [0.2, 0.25) is 6.79 Å². The number of benzene rings is 4. The van der Waals surface area contributed by atoms with E-state index in [-0.39, 0.29) is 18.5 Å². The molecule has 1 atom stereocenters. The molecule has 182 valence electrons. The van der Waals surface area contributed by atoms with E-state index in [1.165, 1.54) is 16.7 Å². The number of ether oxygens (including phenoxy) is 3. The van der Waals surface area contributed by atoms with Crippen molar-refractivity contribution in [3.05, 3.63) is 125 Å². The Hall–Kier alpha value is -4.05. The smallest absolute Gasteiger partial charge is 0.231 e. The van der Waals surface area contributed by atoms with Crippen molar-refractivity contribution in [3.63, 3.8) is 0 Å². The number of methoxy groups -OCH3 is 1. The molecule has 1 unspecified atom stereocenters. The van der Waals surface area contributed by atoms with Gasteiger partial charge in [-0.15, -0.1) is 0 Å². The minimum Gasteiger partial charge on any atom is -0.496 e. The van der Waals surface area contributed by atoms with Crippen molar-refractivity contribution in [2.75, 3.05) is 13.9 Å². The highest BCUT2D eigenvalue weighted by Gasteiger charge is 2.21. The quantitative estimate of drug-likeness (QED) is 0.179. The SMILES string of the molecule is COc1ccccc1C(CCCCc1ccc(C(=O)c2ccccc2)cc1)c1ccc2c(c1)OCO2. The van der Waals surface area contributed by atoms with Gasteiger partial charge in [0.05, 0.1) is 7.11 Å². The van der Waals surface area contributed by atoms with Crippen LogP contribution < -0.4 is 14.2 Å². The van der Waals surface area contributed by atoms with Crippen LogP contribution in [0.2, 0.25) is 0 Å². The van der Waals surface area contributed by atoms with E-state index in [0.717, 1.165) is 54.1 Å². The average molecular weight is 479 g/mol. The Bertz CT molecular complexity index is 1310. The summed E-state index contributed by atoms with van der Waals surface area (Å²) in [5.41, 5.74) is 5.08. The zero-order valence-electron chi connectivity index (χ0n) is 20.5. The van der Waals surface area contributed by atoms with Gasteiger partial charge in [0.1, 0.15) is 5.75 Å². The van der Waals surface area contributed by atoms with E-state index in [9.17, 15) is 4.79 Å². The van der Waals surface area contributed by atoms with Crippen molar-refractivity contribution < 1.29 is 19.0 Å². The molecule has 1 heterocycles. The Labute approximate surface area is 212 Å². The van der Waals surface area contributed by atoms with Crippen molar-refractivity contribution in [3.8, 4) is 17.2 Å². The van der Waals surface area contributed by atoms with E-state index in [4.69, 9.17) is 14.2 Å². The summed E-state index contributed by atoms with van der Waals surface area (Å²) in [7, 11) is 1.72. The van der Waals surface area contributed by atoms with Crippen LogP contribution in [0.25, 0.3) is 0 Å². The molecule has 4 aromatic carbocycles. The molecular weight excluding hydrogens is 448 g/mol. The molecule has 0 bridgehead atoms. The monoisotopic (exact) mass is 478 g/mol. The van der Waals surface area contributed by atoms with E-state index >= 15 is 0 Å². The van der Waals surface area contributed by atoms with Gasteiger partial charge in [-0.05, 0) is 48.6 Å². The van der Waals surface area contributed by atoms with Crippen LogP contribution in [0, 0.1) is 0 Å². The topological polar surface area (TPSA) is 44.8 Å². The number of fused-ring (bicyclic) bond motifs is 1. The lowest BCUT2D eigenvalue weighted by molar-refractivity contribution is 0.103. The molecule has 5 rings (SSSR count). The lowest BCUT2D eigenvalue weighted by Crippen LogP contribution is -2.04. The first kappa shape index (κ1) is 23.7. The fourth-order valence-electron chi connectivity index (χ4n) is 4.84. The zero-order valence-corrected chi connectivity index (χ0v) is 20.5. The van der Waals surface area contributed by atoms with E-state index < -0.39 is 0 Å². The molecule has 4 nitrogen and oxygen atoms in total. The maximum Gasteiger partial charge on any atom is 0.231 e. The number of ketones is 1. The number of hydrogen-bond donors (Lipinski definition) is 0. The second-order valence-corrected chi connectivity index (χ2v) is 9.05. The van der Waals surface area contributed by atoms with E-state index in [2.05, 4.69) is 36.4 Å². The average Bonchev–Trinajstić information content (AvgIpc) is 3.42. The van der Waals surface area contributed by atoms with Gasteiger partial charge in [-0.3, -0.25) is 4.79 Å². The number of aryl methyl sites for hydroxylation is 1. The number of para-hydroxylation sites is 1. The fourth-order valence-corrected chi connectivity index (χ4v) is 4.84. The number of carbonyl (C=O) groups excluding carboxylic acids is 1. The Morgan fingerprint density at radius 3 is 2.33 bits per heavy atom. The van der Waals surface area contributed by atoms with E-state index in [0.29, 0.717) is 0 Å². The Morgan fingerprint density at radius 2 is 1.53 bits per heavy atom. The molecule has 36 heavy (non-hydrogen) atoms. The Kier molecular flexibility index (Phi) is 7.32. The normalized spacial score (nSPS) is 12.8. The second-order valence-electron chi connectivity index (χ2n) is 9.05. The van der Waals surface area contributed by atoms with E-state index in [1.807, 2.05) is 60.7 Å². The predicted octanol–water partition coefficient (Wildman–Crippen LogP) is 7.20. The molecule has 0 saturated carbocycles. The predicted molar refractivity (Wildman–Crippen MR) is 141 cm³/mol. The molecule has 0 spiro atoms. The third-order valence-electron chi connectivity index (χ3n) is 6.77. The van der Waals surface area contributed by atoms with Crippen LogP contribution in [-0.4, -0.2) is 19.7 Å². The molecule has 0 N–H and O–H groups in total. The molecule has 0 amide bonds. The number of rotatable bonds is 10. The molecule has 0 aliphatic carbocycles.